The lowest BCUT2D eigenvalue weighted by Crippen LogP contribution is -2.20. The number of hydrogen-bond acceptors (Lipinski definition) is 2. The topological polar surface area (TPSA) is 21.3 Å². The molecule has 21 heavy (non-hydrogen) atoms. The standard InChI is InChI=1S/C19H25NO/c1-12-7-8-16(14(3)9-12)19(20-5)18-15(4)10-13(2)11-17(18)21-6/h7-11,19-20H,1-6H3. The highest BCUT2D eigenvalue weighted by atomic mass is 16.5. The minimum Gasteiger partial charge on any atom is -0.496 e. The first-order chi connectivity index (χ1) is 9.97. The van der Waals surface area contributed by atoms with E-state index in [9.17, 15) is 0 Å². The Hall–Kier alpha value is -1.80. The molecule has 0 bridgehead atoms. The summed E-state index contributed by atoms with van der Waals surface area (Å²) in [5, 5.41) is 3.45. The molecule has 112 valence electrons. The van der Waals surface area contributed by atoms with Gasteiger partial charge in [0.1, 0.15) is 5.75 Å². The van der Waals surface area contributed by atoms with Crippen molar-refractivity contribution in [3.63, 3.8) is 0 Å². The molecule has 0 heterocycles. The smallest absolute Gasteiger partial charge is 0.124 e. The van der Waals surface area contributed by atoms with Gasteiger partial charge < -0.3 is 10.1 Å². The van der Waals surface area contributed by atoms with Crippen molar-refractivity contribution < 1.29 is 4.74 Å². The molecule has 2 rings (SSSR count). The zero-order chi connectivity index (χ0) is 15.6. The van der Waals surface area contributed by atoms with E-state index in [0.29, 0.717) is 0 Å². The van der Waals surface area contributed by atoms with Crippen LogP contribution in [0.1, 0.15) is 39.4 Å². The van der Waals surface area contributed by atoms with Crippen LogP contribution in [0.25, 0.3) is 0 Å². The van der Waals surface area contributed by atoms with Crippen molar-refractivity contribution in [2.24, 2.45) is 0 Å². The monoisotopic (exact) mass is 283 g/mol. The van der Waals surface area contributed by atoms with Crippen LogP contribution in [0, 0.1) is 27.7 Å². The van der Waals surface area contributed by atoms with Crippen LogP contribution >= 0.6 is 0 Å². The van der Waals surface area contributed by atoms with Crippen molar-refractivity contribution in [3.05, 3.63) is 63.7 Å². The van der Waals surface area contributed by atoms with Crippen LogP contribution in [0.3, 0.4) is 0 Å². The third-order valence-electron chi connectivity index (χ3n) is 4.03. The number of hydrogen-bond donors (Lipinski definition) is 1. The van der Waals surface area contributed by atoms with Crippen LogP contribution in [0.15, 0.2) is 30.3 Å². The van der Waals surface area contributed by atoms with Crippen molar-refractivity contribution in [3.8, 4) is 5.75 Å². The van der Waals surface area contributed by atoms with E-state index in [4.69, 9.17) is 4.74 Å². The lowest BCUT2D eigenvalue weighted by atomic mass is 9.90. The van der Waals surface area contributed by atoms with E-state index in [1.54, 1.807) is 7.11 Å². The lowest BCUT2D eigenvalue weighted by molar-refractivity contribution is 0.404. The Labute approximate surface area is 128 Å². The molecule has 0 saturated carbocycles. The molecule has 0 aliphatic carbocycles. The fraction of sp³-hybridized carbons (Fsp3) is 0.368. The van der Waals surface area contributed by atoms with Gasteiger partial charge in [0.2, 0.25) is 0 Å². The number of rotatable bonds is 4. The first kappa shape index (κ1) is 15.6. The van der Waals surface area contributed by atoms with Crippen molar-refractivity contribution >= 4 is 0 Å². The average molecular weight is 283 g/mol. The Balaban J connectivity index is 2.61. The Bertz CT molecular complexity index is 646. The third-order valence-corrected chi connectivity index (χ3v) is 4.03. The molecule has 2 heteroatoms. The summed E-state index contributed by atoms with van der Waals surface area (Å²) in [6.45, 7) is 8.55. The first-order valence-corrected chi connectivity index (χ1v) is 7.37. The number of ether oxygens (including phenoxy) is 1. The molecular weight excluding hydrogens is 258 g/mol. The molecule has 2 aromatic rings. The molecule has 2 nitrogen and oxygen atoms in total. The van der Waals surface area contributed by atoms with Gasteiger partial charge in [0.15, 0.2) is 0 Å². The van der Waals surface area contributed by atoms with Crippen molar-refractivity contribution in [1.82, 2.24) is 5.32 Å². The first-order valence-electron chi connectivity index (χ1n) is 7.37. The summed E-state index contributed by atoms with van der Waals surface area (Å²) in [5.74, 6) is 0.951. The summed E-state index contributed by atoms with van der Waals surface area (Å²) in [7, 11) is 3.75. The molecule has 0 spiro atoms. The Morgan fingerprint density at radius 1 is 0.905 bits per heavy atom. The Kier molecular flexibility index (Phi) is 4.69. The van der Waals surface area contributed by atoms with Gasteiger partial charge in [-0.05, 0) is 63.1 Å². The molecule has 1 unspecified atom stereocenters. The van der Waals surface area contributed by atoms with E-state index < -0.39 is 0 Å². The molecule has 2 aromatic carbocycles. The minimum absolute atomic E-state index is 0.140. The number of nitrogens with one attached hydrogen (secondary N) is 1. The van der Waals surface area contributed by atoms with Gasteiger partial charge >= 0.3 is 0 Å². The highest BCUT2D eigenvalue weighted by molar-refractivity contribution is 5.50. The second kappa shape index (κ2) is 6.31. The predicted molar refractivity (Wildman–Crippen MR) is 89.3 cm³/mol. The molecule has 0 radical (unpaired) electrons. The van der Waals surface area contributed by atoms with Crippen molar-refractivity contribution in [2.45, 2.75) is 33.7 Å². The fourth-order valence-corrected chi connectivity index (χ4v) is 3.08. The second-order valence-corrected chi connectivity index (χ2v) is 5.78. The maximum atomic E-state index is 5.63. The van der Waals surface area contributed by atoms with Crippen LogP contribution in [-0.4, -0.2) is 14.2 Å². The summed E-state index contributed by atoms with van der Waals surface area (Å²) in [5.41, 5.74) is 7.59. The quantitative estimate of drug-likeness (QED) is 0.906. The van der Waals surface area contributed by atoms with Gasteiger partial charge in [-0.3, -0.25) is 0 Å². The van der Waals surface area contributed by atoms with Crippen LogP contribution < -0.4 is 10.1 Å². The van der Waals surface area contributed by atoms with E-state index in [1.807, 2.05) is 7.05 Å². The summed E-state index contributed by atoms with van der Waals surface area (Å²) in [6, 6.07) is 11.1. The van der Waals surface area contributed by atoms with E-state index in [0.717, 1.165) is 5.75 Å². The molecular formula is C19H25NO. The van der Waals surface area contributed by atoms with Gasteiger partial charge in [0.25, 0.3) is 0 Å². The molecule has 0 aliphatic heterocycles. The van der Waals surface area contributed by atoms with Crippen molar-refractivity contribution in [2.75, 3.05) is 14.2 Å². The van der Waals surface area contributed by atoms with Gasteiger partial charge in [0.05, 0.1) is 13.2 Å². The normalized spacial score (nSPS) is 12.3. The number of methoxy groups -OCH3 is 1. The van der Waals surface area contributed by atoms with Gasteiger partial charge in [0, 0.05) is 5.56 Å². The van der Waals surface area contributed by atoms with Crippen LogP contribution in [-0.2, 0) is 0 Å². The van der Waals surface area contributed by atoms with E-state index >= 15 is 0 Å². The second-order valence-electron chi connectivity index (χ2n) is 5.78. The zero-order valence-corrected chi connectivity index (χ0v) is 13.9. The summed E-state index contributed by atoms with van der Waals surface area (Å²) in [4.78, 5) is 0. The number of aryl methyl sites for hydroxylation is 4. The van der Waals surface area contributed by atoms with Gasteiger partial charge in [-0.1, -0.05) is 29.8 Å². The predicted octanol–water partition coefficient (Wildman–Crippen LogP) is 4.24. The Morgan fingerprint density at radius 2 is 1.57 bits per heavy atom. The number of benzene rings is 2. The fourth-order valence-electron chi connectivity index (χ4n) is 3.08. The summed E-state index contributed by atoms with van der Waals surface area (Å²) < 4.78 is 5.63. The summed E-state index contributed by atoms with van der Waals surface area (Å²) in [6.07, 6.45) is 0. The van der Waals surface area contributed by atoms with Gasteiger partial charge in [-0.2, -0.15) is 0 Å². The van der Waals surface area contributed by atoms with E-state index in [1.165, 1.54) is 33.4 Å². The molecule has 0 aromatic heterocycles. The van der Waals surface area contributed by atoms with Crippen molar-refractivity contribution in [1.29, 1.82) is 0 Å². The molecule has 1 N–H and O–H groups in total. The molecule has 0 amide bonds. The zero-order valence-electron chi connectivity index (χ0n) is 13.9. The largest absolute Gasteiger partial charge is 0.496 e. The highest BCUT2D eigenvalue weighted by Crippen LogP contribution is 2.35. The van der Waals surface area contributed by atoms with E-state index in [-0.39, 0.29) is 6.04 Å². The molecule has 0 aliphatic rings. The van der Waals surface area contributed by atoms with Gasteiger partial charge in [-0.15, -0.1) is 0 Å². The average Bonchev–Trinajstić information content (AvgIpc) is 2.42. The lowest BCUT2D eigenvalue weighted by Gasteiger charge is -2.24. The minimum atomic E-state index is 0.140. The maximum absolute atomic E-state index is 5.63. The van der Waals surface area contributed by atoms with Crippen LogP contribution in [0.2, 0.25) is 0 Å². The Morgan fingerprint density at radius 3 is 2.14 bits per heavy atom. The van der Waals surface area contributed by atoms with Gasteiger partial charge in [-0.25, -0.2) is 0 Å². The maximum Gasteiger partial charge on any atom is 0.124 e. The van der Waals surface area contributed by atoms with Crippen LogP contribution in [0.5, 0.6) is 5.75 Å². The molecule has 1 atom stereocenters. The third kappa shape index (κ3) is 3.11. The van der Waals surface area contributed by atoms with E-state index in [2.05, 4.69) is 63.3 Å². The van der Waals surface area contributed by atoms with Crippen LogP contribution in [0.4, 0.5) is 0 Å². The summed E-state index contributed by atoms with van der Waals surface area (Å²) >= 11 is 0. The molecule has 0 fully saturated rings. The SMILES string of the molecule is CNC(c1ccc(C)cc1C)c1c(C)cc(C)cc1OC. The highest BCUT2D eigenvalue weighted by Gasteiger charge is 2.20. The molecule has 0 saturated heterocycles.